The second-order valence-electron chi connectivity index (χ2n) is 5.95. The van der Waals surface area contributed by atoms with Crippen LogP contribution in [0.15, 0.2) is 54.7 Å². The molecule has 0 bridgehead atoms. The summed E-state index contributed by atoms with van der Waals surface area (Å²) in [5.74, 6) is 2.03. The van der Waals surface area contributed by atoms with Crippen molar-refractivity contribution in [3.8, 4) is 11.5 Å². The van der Waals surface area contributed by atoms with Gasteiger partial charge in [-0.1, -0.05) is 6.07 Å². The fraction of sp³-hybridized carbons (Fsp3) is 0.150. The van der Waals surface area contributed by atoms with Gasteiger partial charge >= 0.3 is 5.97 Å². The highest BCUT2D eigenvalue weighted by Crippen LogP contribution is 2.33. The lowest BCUT2D eigenvalue weighted by Gasteiger charge is -2.19. The number of hydrogen-bond acceptors (Lipinski definition) is 8. The molecular weight excluding hydrogens is 360 g/mol. The van der Waals surface area contributed by atoms with Gasteiger partial charge in [-0.15, -0.1) is 0 Å². The molecule has 1 aromatic heterocycles. The van der Waals surface area contributed by atoms with Crippen LogP contribution in [0.3, 0.4) is 0 Å². The maximum Gasteiger partial charge on any atom is 0.337 e. The highest BCUT2D eigenvalue weighted by Gasteiger charge is 2.12. The molecular formula is C20H18N4O4. The van der Waals surface area contributed by atoms with E-state index in [9.17, 15) is 4.79 Å². The topological polar surface area (TPSA) is 94.6 Å². The fourth-order valence-electron chi connectivity index (χ4n) is 2.73. The van der Waals surface area contributed by atoms with E-state index in [1.807, 2.05) is 24.3 Å². The van der Waals surface area contributed by atoms with Gasteiger partial charge in [-0.3, -0.25) is 0 Å². The van der Waals surface area contributed by atoms with Crippen molar-refractivity contribution in [1.82, 2.24) is 9.97 Å². The predicted molar refractivity (Wildman–Crippen MR) is 104 cm³/mol. The summed E-state index contributed by atoms with van der Waals surface area (Å²) in [4.78, 5) is 20.3. The number of fused-ring (bicyclic) bond motifs is 1. The Kier molecular flexibility index (Phi) is 4.92. The monoisotopic (exact) mass is 378 g/mol. The maximum absolute atomic E-state index is 11.7. The van der Waals surface area contributed by atoms with Crippen molar-refractivity contribution < 1.29 is 19.0 Å². The molecule has 2 N–H and O–H groups in total. The standard InChI is InChI=1S/C20H18N4O4/c1-26-19(25)13-3-2-4-14(11-13)23-20-21-8-7-18(24-20)22-15-5-6-16-17(12-15)28-10-9-27-16/h2-8,11-12H,9-10H2,1H3,(H2,21,22,23,24). The molecule has 0 amide bonds. The molecule has 142 valence electrons. The van der Waals surface area contributed by atoms with Crippen molar-refractivity contribution in [1.29, 1.82) is 0 Å². The summed E-state index contributed by atoms with van der Waals surface area (Å²) in [6, 6.07) is 14.3. The summed E-state index contributed by atoms with van der Waals surface area (Å²) in [5.41, 5.74) is 1.94. The number of methoxy groups -OCH3 is 1. The molecule has 0 saturated heterocycles. The molecule has 0 saturated carbocycles. The number of rotatable bonds is 5. The number of nitrogens with zero attached hydrogens (tertiary/aromatic N) is 2. The van der Waals surface area contributed by atoms with E-state index in [0.717, 1.165) is 11.4 Å². The van der Waals surface area contributed by atoms with Gasteiger partial charge in [0, 0.05) is 23.6 Å². The first-order valence-corrected chi connectivity index (χ1v) is 8.66. The van der Waals surface area contributed by atoms with E-state index in [0.29, 0.717) is 42.0 Å². The number of ether oxygens (including phenoxy) is 3. The van der Waals surface area contributed by atoms with Crippen molar-refractivity contribution in [2.24, 2.45) is 0 Å². The minimum atomic E-state index is -0.404. The summed E-state index contributed by atoms with van der Waals surface area (Å²) in [6.07, 6.45) is 1.64. The quantitative estimate of drug-likeness (QED) is 0.651. The van der Waals surface area contributed by atoms with Crippen molar-refractivity contribution in [3.05, 3.63) is 60.3 Å². The van der Waals surface area contributed by atoms with Crippen LogP contribution in [0.4, 0.5) is 23.1 Å². The Labute approximate surface area is 161 Å². The van der Waals surface area contributed by atoms with Gasteiger partial charge in [0.25, 0.3) is 0 Å². The zero-order valence-corrected chi connectivity index (χ0v) is 15.1. The van der Waals surface area contributed by atoms with Crippen LogP contribution in [0.25, 0.3) is 0 Å². The van der Waals surface area contributed by atoms with E-state index < -0.39 is 5.97 Å². The third-order valence-corrected chi connectivity index (χ3v) is 4.01. The third-order valence-electron chi connectivity index (χ3n) is 4.01. The Balaban J connectivity index is 1.50. The van der Waals surface area contributed by atoms with E-state index in [1.54, 1.807) is 30.5 Å². The number of benzene rings is 2. The molecule has 28 heavy (non-hydrogen) atoms. The molecule has 3 aromatic rings. The number of carbonyl (C=O) groups is 1. The minimum Gasteiger partial charge on any atom is -0.486 e. The van der Waals surface area contributed by atoms with Gasteiger partial charge < -0.3 is 24.8 Å². The molecule has 0 spiro atoms. The van der Waals surface area contributed by atoms with E-state index in [2.05, 4.69) is 20.6 Å². The maximum atomic E-state index is 11.7. The van der Waals surface area contributed by atoms with E-state index in [1.165, 1.54) is 7.11 Å². The van der Waals surface area contributed by atoms with Gasteiger partial charge in [0.2, 0.25) is 5.95 Å². The Hall–Kier alpha value is -3.81. The van der Waals surface area contributed by atoms with Gasteiger partial charge in [-0.25, -0.2) is 9.78 Å². The third kappa shape index (κ3) is 3.96. The molecule has 8 heteroatoms. The largest absolute Gasteiger partial charge is 0.486 e. The molecule has 0 fully saturated rings. The van der Waals surface area contributed by atoms with Gasteiger partial charge in [0.05, 0.1) is 12.7 Å². The zero-order chi connectivity index (χ0) is 19.3. The second-order valence-corrected chi connectivity index (χ2v) is 5.95. The van der Waals surface area contributed by atoms with Gasteiger partial charge in [-0.05, 0) is 36.4 Å². The van der Waals surface area contributed by atoms with E-state index in [-0.39, 0.29) is 0 Å². The minimum absolute atomic E-state index is 0.393. The first-order valence-electron chi connectivity index (χ1n) is 8.66. The predicted octanol–water partition coefficient (Wildman–Crippen LogP) is 3.52. The van der Waals surface area contributed by atoms with Crippen LogP contribution < -0.4 is 20.1 Å². The van der Waals surface area contributed by atoms with E-state index >= 15 is 0 Å². The van der Waals surface area contributed by atoms with Gasteiger partial charge in [0.1, 0.15) is 19.0 Å². The van der Waals surface area contributed by atoms with Crippen LogP contribution >= 0.6 is 0 Å². The van der Waals surface area contributed by atoms with Crippen LogP contribution in [0.2, 0.25) is 0 Å². The van der Waals surface area contributed by atoms with Gasteiger partial charge in [0.15, 0.2) is 11.5 Å². The van der Waals surface area contributed by atoms with Crippen molar-refractivity contribution >= 4 is 29.1 Å². The molecule has 2 heterocycles. The summed E-state index contributed by atoms with van der Waals surface area (Å²) in [5, 5.41) is 6.30. The number of esters is 1. The average molecular weight is 378 g/mol. The Bertz CT molecular complexity index is 1010. The molecule has 4 rings (SSSR count). The Morgan fingerprint density at radius 3 is 2.68 bits per heavy atom. The van der Waals surface area contributed by atoms with E-state index in [4.69, 9.17) is 14.2 Å². The normalized spacial score (nSPS) is 12.2. The SMILES string of the molecule is COC(=O)c1cccc(Nc2nccc(Nc3ccc4c(c3)OCCO4)n2)c1. The first kappa shape index (κ1) is 17.6. The van der Waals surface area contributed by atoms with Crippen molar-refractivity contribution in [3.63, 3.8) is 0 Å². The molecule has 0 unspecified atom stereocenters. The van der Waals surface area contributed by atoms with Crippen molar-refractivity contribution in [2.45, 2.75) is 0 Å². The fourth-order valence-corrected chi connectivity index (χ4v) is 2.73. The van der Waals surface area contributed by atoms with Gasteiger partial charge in [-0.2, -0.15) is 4.98 Å². The molecule has 8 nitrogen and oxygen atoms in total. The van der Waals surface area contributed by atoms with Crippen LogP contribution in [0, 0.1) is 0 Å². The summed E-state index contributed by atoms with van der Waals surface area (Å²) >= 11 is 0. The van der Waals surface area contributed by atoms with Crippen LogP contribution in [0.1, 0.15) is 10.4 Å². The number of carbonyl (C=O) groups excluding carboxylic acids is 1. The summed E-state index contributed by atoms with van der Waals surface area (Å²) < 4.78 is 15.9. The lowest BCUT2D eigenvalue weighted by molar-refractivity contribution is 0.0601. The lowest BCUT2D eigenvalue weighted by atomic mass is 10.2. The van der Waals surface area contributed by atoms with Crippen LogP contribution in [-0.2, 0) is 4.74 Å². The molecule has 0 atom stereocenters. The summed E-state index contributed by atoms with van der Waals surface area (Å²) in [6.45, 7) is 1.08. The first-order chi connectivity index (χ1) is 13.7. The number of anilines is 4. The lowest BCUT2D eigenvalue weighted by Crippen LogP contribution is -2.15. The Morgan fingerprint density at radius 2 is 1.82 bits per heavy atom. The smallest absolute Gasteiger partial charge is 0.337 e. The number of aromatic nitrogens is 2. The number of nitrogens with one attached hydrogen (secondary N) is 2. The highest BCUT2D eigenvalue weighted by atomic mass is 16.6. The number of hydrogen-bond donors (Lipinski definition) is 2. The molecule has 2 aromatic carbocycles. The van der Waals surface area contributed by atoms with Crippen LogP contribution in [-0.4, -0.2) is 36.3 Å². The zero-order valence-electron chi connectivity index (χ0n) is 15.1. The molecule has 1 aliphatic rings. The van der Waals surface area contributed by atoms with Crippen LogP contribution in [0.5, 0.6) is 11.5 Å². The molecule has 0 aliphatic carbocycles. The summed E-state index contributed by atoms with van der Waals surface area (Å²) in [7, 11) is 1.35. The highest BCUT2D eigenvalue weighted by molar-refractivity contribution is 5.90. The molecule has 0 radical (unpaired) electrons. The average Bonchev–Trinajstić information content (AvgIpc) is 2.73. The van der Waals surface area contributed by atoms with Crippen molar-refractivity contribution in [2.75, 3.05) is 31.0 Å². The Morgan fingerprint density at radius 1 is 1.00 bits per heavy atom. The molecule has 1 aliphatic heterocycles. The second kappa shape index (κ2) is 7.83.